The van der Waals surface area contributed by atoms with Crippen molar-refractivity contribution in [3.8, 4) is 5.75 Å². The highest BCUT2D eigenvalue weighted by Crippen LogP contribution is 2.42. The van der Waals surface area contributed by atoms with E-state index in [9.17, 15) is 9.90 Å². The smallest absolute Gasteiger partial charge is 0.231 e. The van der Waals surface area contributed by atoms with Crippen LogP contribution in [0.1, 0.15) is 69.8 Å². The molecule has 2 aromatic carbocycles. The first-order chi connectivity index (χ1) is 15.3. The van der Waals surface area contributed by atoms with E-state index in [1.807, 2.05) is 42.5 Å². The van der Waals surface area contributed by atoms with Crippen LogP contribution in [0.25, 0.3) is 0 Å². The highest BCUT2D eigenvalue weighted by Gasteiger charge is 2.38. The van der Waals surface area contributed by atoms with E-state index in [2.05, 4.69) is 64.1 Å². The molecule has 6 heteroatoms. The van der Waals surface area contributed by atoms with Crippen molar-refractivity contribution in [2.75, 3.05) is 0 Å². The van der Waals surface area contributed by atoms with Gasteiger partial charge >= 0.3 is 0 Å². The van der Waals surface area contributed by atoms with E-state index >= 15 is 0 Å². The molecule has 1 amide bonds. The fourth-order valence-electron chi connectivity index (χ4n) is 4.15. The number of amides is 1. The Labute approximate surface area is 202 Å². The maximum Gasteiger partial charge on any atom is 0.231 e. The lowest BCUT2D eigenvalue weighted by molar-refractivity contribution is -0.125. The second-order valence-electron chi connectivity index (χ2n) is 10.7. The molecule has 5 nitrogen and oxygen atoms in total. The number of carbonyl (C=O) groups is 1. The molecule has 1 aliphatic rings. The van der Waals surface area contributed by atoms with Crippen molar-refractivity contribution in [3.05, 3.63) is 77.0 Å². The molecule has 0 bridgehead atoms. The number of aromatic hydroxyl groups is 1. The third-order valence-corrected chi connectivity index (χ3v) is 6.19. The second-order valence-corrected chi connectivity index (χ2v) is 11.2. The van der Waals surface area contributed by atoms with Gasteiger partial charge in [-0.3, -0.25) is 4.79 Å². The summed E-state index contributed by atoms with van der Waals surface area (Å²) in [6.45, 7) is 17.0. The molecule has 0 unspecified atom stereocenters. The van der Waals surface area contributed by atoms with Crippen molar-refractivity contribution in [3.63, 3.8) is 0 Å². The van der Waals surface area contributed by atoms with Gasteiger partial charge in [-0.05, 0) is 57.4 Å². The molecule has 0 spiro atoms. The zero-order chi connectivity index (χ0) is 24.6. The number of phenols is 1. The number of hydrogen-bond acceptors (Lipinski definition) is 3. The highest BCUT2D eigenvalue weighted by atomic mass is 32.1. The van der Waals surface area contributed by atoms with Crippen molar-refractivity contribution in [2.45, 2.75) is 65.0 Å². The lowest BCUT2D eigenvalue weighted by Gasteiger charge is -2.37. The predicted octanol–water partition coefficient (Wildman–Crippen LogP) is 4.95. The summed E-state index contributed by atoms with van der Waals surface area (Å²) in [5, 5.41) is 20.9. The summed E-state index contributed by atoms with van der Waals surface area (Å²) in [6.07, 6.45) is 0. The number of hydrogen-bond donors (Lipinski definition) is 4. The molecule has 0 saturated carbocycles. The normalized spacial score (nSPS) is 19.0. The fraction of sp³-hybridized carbons (Fsp3) is 0.407. The zero-order valence-electron chi connectivity index (χ0n) is 20.4. The summed E-state index contributed by atoms with van der Waals surface area (Å²) < 4.78 is 0. The lowest BCUT2D eigenvalue weighted by atomic mass is 9.76. The predicted molar refractivity (Wildman–Crippen MR) is 138 cm³/mol. The summed E-state index contributed by atoms with van der Waals surface area (Å²) in [5.74, 6) is -0.413. The van der Waals surface area contributed by atoms with E-state index < -0.39 is 12.0 Å². The van der Waals surface area contributed by atoms with Gasteiger partial charge in [0.1, 0.15) is 11.7 Å². The van der Waals surface area contributed by atoms with Gasteiger partial charge in [-0.15, -0.1) is 0 Å². The van der Waals surface area contributed by atoms with Gasteiger partial charge < -0.3 is 21.1 Å². The minimum atomic E-state index is -0.578. The molecule has 2 atom stereocenters. The van der Waals surface area contributed by atoms with Crippen molar-refractivity contribution in [1.29, 1.82) is 0 Å². The Balaban J connectivity index is 2.04. The molecule has 0 aliphatic carbocycles. The number of rotatable bonds is 4. The molecule has 1 heterocycles. The Morgan fingerprint density at radius 1 is 1.06 bits per heavy atom. The van der Waals surface area contributed by atoms with Gasteiger partial charge in [0.15, 0.2) is 5.11 Å². The Morgan fingerprint density at radius 3 is 2.12 bits per heavy atom. The monoisotopic (exact) mass is 465 g/mol. The quantitative estimate of drug-likeness (QED) is 0.481. The molecule has 2 aromatic rings. The summed E-state index contributed by atoms with van der Waals surface area (Å²) in [7, 11) is 0. The van der Waals surface area contributed by atoms with Crippen LogP contribution in [0.2, 0.25) is 0 Å². The van der Waals surface area contributed by atoms with Crippen LogP contribution >= 0.6 is 12.2 Å². The van der Waals surface area contributed by atoms with E-state index in [1.165, 1.54) is 0 Å². The van der Waals surface area contributed by atoms with Crippen LogP contribution in [0, 0.1) is 5.92 Å². The van der Waals surface area contributed by atoms with Crippen molar-refractivity contribution >= 4 is 23.2 Å². The minimum Gasteiger partial charge on any atom is -0.507 e. The first kappa shape index (κ1) is 24.8. The molecule has 33 heavy (non-hydrogen) atoms. The van der Waals surface area contributed by atoms with E-state index in [1.54, 1.807) is 0 Å². The summed E-state index contributed by atoms with van der Waals surface area (Å²) in [5.41, 5.74) is 3.58. The molecule has 3 rings (SSSR count). The first-order valence-corrected chi connectivity index (χ1v) is 11.7. The van der Waals surface area contributed by atoms with Crippen LogP contribution in [0.5, 0.6) is 5.75 Å². The average molecular weight is 466 g/mol. The Morgan fingerprint density at radius 2 is 1.61 bits per heavy atom. The van der Waals surface area contributed by atoms with Crippen LogP contribution in [-0.4, -0.2) is 16.1 Å². The van der Waals surface area contributed by atoms with Crippen LogP contribution in [0.15, 0.2) is 54.7 Å². The standard InChI is InChI=1S/C27H35N3O2S/c1-16-21(24(32)28-15-17-11-9-8-10-12-17)22(30-25(33)29-16)18-13-19(26(2,3)4)23(31)20(14-18)27(5,6)7/h8-14,21-22,31H,1,15H2,2-7H3,(H,28,32)(H2,29,30,33)/t21-,22+/m0/s1. The SMILES string of the molecule is C=C1NC(=S)N[C@H](c2cc(C(C)(C)C)c(O)c(C(C)(C)C)c2)[C@H]1C(=O)NCc1ccccc1. The van der Waals surface area contributed by atoms with E-state index in [4.69, 9.17) is 12.2 Å². The molecular weight excluding hydrogens is 430 g/mol. The maximum absolute atomic E-state index is 13.4. The molecule has 176 valence electrons. The van der Waals surface area contributed by atoms with Gasteiger partial charge in [-0.1, -0.05) is 78.5 Å². The van der Waals surface area contributed by atoms with Crippen LogP contribution < -0.4 is 16.0 Å². The highest BCUT2D eigenvalue weighted by molar-refractivity contribution is 7.80. The summed E-state index contributed by atoms with van der Waals surface area (Å²) in [6, 6.07) is 13.4. The van der Waals surface area contributed by atoms with Crippen LogP contribution in [0.4, 0.5) is 0 Å². The Kier molecular flexibility index (Phi) is 6.89. The molecule has 0 aromatic heterocycles. The number of nitrogens with one attached hydrogen (secondary N) is 3. The van der Waals surface area contributed by atoms with Gasteiger partial charge in [0.2, 0.25) is 5.91 Å². The number of benzene rings is 2. The summed E-state index contributed by atoms with van der Waals surface area (Å²) in [4.78, 5) is 13.4. The molecule has 4 N–H and O–H groups in total. The van der Waals surface area contributed by atoms with E-state index in [0.717, 1.165) is 22.3 Å². The molecule has 0 radical (unpaired) electrons. The molecule has 1 fully saturated rings. The van der Waals surface area contributed by atoms with Crippen molar-refractivity contribution < 1.29 is 9.90 Å². The largest absolute Gasteiger partial charge is 0.507 e. The molecule has 1 aliphatic heterocycles. The van der Waals surface area contributed by atoms with Gasteiger partial charge in [-0.2, -0.15) is 0 Å². The maximum atomic E-state index is 13.4. The third-order valence-electron chi connectivity index (χ3n) is 5.97. The number of carbonyl (C=O) groups excluding carboxylic acids is 1. The van der Waals surface area contributed by atoms with E-state index in [-0.39, 0.29) is 16.7 Å². The third kappa shape index (κ3) is 5.56. The molecule has 1 saturated heterocycles. The topological polar surface area (TPSA) is 73.4 Å². The Hall–Kier alpha value is -2.86. The zero-order valence-corrected chi connectivity index (χ0v) is 21.2. The average Bonchev–Trinajstić information content (AvgIpc) is 2.70. The van der Waals surface area contributed by atoms with E-state index in [0.29, 0.717) is 23.1 Å². The van der Waals surface area contributed by atoms with Crippen LogP contribution in [0.3, 0.4) is 0 Å². The minimum absolute atomic E-state index is 0.140. The fourth-order valence-corrected chi connectivity index (χ4v) is 4.40. The Bertz CT molecular complexity index is 1030. The summed E-state index contributed by atoms with van der Waals surface area (Å²) >= 11 is 5.41. The van der Waals surface area contributed by atoms with Gasteiger partial charge in [-0.25, -0.2) is 0 Å². The van der Waals surface area contributed by atoms with Gasteiger partial charge in [0.05, 0.1) is 6.04 Å². The van der Waals surface area contributed by atoms with Crippen molar-refractivity contribution in [2.24, 2.45) is 5.92 Å². The molecular formula is C27H35N3O2S. The van der Waals surface area contributed by atoms with Gasteiger partial charge in [0.25, 0.3) is 0 Å². The van der Waals surface area contributed by atoms with Crippen molar-refractivity contribution in [1.82, 2.24) is 16.0 Å². The van der Waals surface area contributed by atoms with Crippen LogP contribution in [-0.2, 0) is 22.2 Å². The lowest BCUT2D eigenvalue weighted by Crippen LogP contribution is -2.52. The second kappa shape index (κ2) is 9.18. The number of phenolic OH excluding ortho intramolecular Hbond substituents is 1. The number of thiocarbonyl (C=S) groups is 1. The van der Waals surface area contributed by atoms with Gasteiger partial charge in [0, 0.05) is 12.2 Å². The first-order valence-electron chi connectivity index (χ1n) is 11.2.